The summed E-state index contributed by atoms with van der Waals surface area (Å²) in [4.78, 5) is 10.7. The van der Waals surface area contributed by atoms with Crippen molar-refractivity contribution in [1.82, 2.24) is 9.97 Å². The van der Waals surface area contributed by atoms with Crippen LogP contribution in [0.1, 0.15) is 22.5 Å². The number of hydrogen-bond acceptors (Lipinski definition) is 3. The fourth-order valence-corrected chi connectivity index (χ4v) is 2.20. The molecule has 3 nitrogen and oxygen atoms in total. The van der Waals surface area contributed by atoms with Gasteiger partial charge in [0, 0.05) is 19.2 Å². The summed E-state index contributed by atoms with van der Waals surface area (Å²) in [5.41, 5.74) is 3.44. The second kappa shape index (κ2) is 5.57. The van der Waals surface area contributed by atoms with Crippen molar-refractivity contribution >= 4 is 17.4 Å². The molecule has 1 heterocycles. The van der Waals surface area contributed by atoms with Gasteiger partial charge in [0.05, 0.1) is 0 Å². The van der Waals surface area contributed by atoms with Gasteiger partial charge in [-0.3, -0.25) is 0 Å². The Kier molecular flexibility index (Phi) is 4.05. The predicted molar refractivity (Wildman–Crippen MR) is 79.8 cm³/mol. The maximum absolute atomic E-state index is 6.11. The second-order valence-electron chi connectivity index (χ2n) is 4.85. The van der Waals surface area contributed by atoms with Crippen LogP contribution in [0, 0.1) is 20.8 Å². The molecule has 0 amide bonds. The van der Waals surface area contributed by atoms with Crippen LogP contribution < -0.4 is 4.90 Å². The van der Waals surface area contributed by atoms with E-state index in [4.69, 9.17) is 11.6 Å². The highest BCUT2D eigenvalue weighted by Gasteiger charge is 2.11. The summed E-state index contributed by atoms with van der Waals surface area (Å²) < 4.78 is 0. The van der Waals surface area contributed by atoms with Gasteiger partial charge in [-0.05, 0) is 26.3 Å². The highest BCUT2D eigenvalue weighted by atomic mass is 35.5. The fourth-order valence-electron chi connectivity index (χ4n) is 1.99. The Bertz CT molecular complexity index is 579. The van der Waals surface area contributed by atoms with Crippen molar-refractivity contribution in [3.05, 3.63) is 51.9 Å². The molecule has 0 N–H and O–H groups in total. The van der Waals surface area contributed by atoms with E-state index in [0.717, 1.165) is 17.9 Å². The summed E-state index contributed by atoms with van der Waals surface area (Å²) in [5.74, 6) is 1.58. The van der Waals surface area contributed by atoms with E-state index in [9.17, 15) is 0 Å². The number of benzene rings is 1. The molecule has 0 atom stereocenters. The van der Waals surface area contributed by atoms with Crippen molar-refractivity contribution in [3.63, 3.8) is 0 Å². The molecule has 19 heavy (non-hydrogen) atoms. The zero-order chi connectivity index (χ0) is 14.0. The maximum atomic E-state index is 6.11. The zero-order valence-electron chi connectivity index (χ0n) is 11.7. The maximum Gasteiger partial charge on any atom is 0.137 e. The summed E-state index contributed by atoms with van der Waals surface area (Å²) in [6, 6.07) is 8.51. The topological polar surface area (TPSA) is 29.0 Å². The van der Waals surface area contributed by atoms with E-state index in [-0.39, 0.29) is 0 Å². The van der Waals surface area contributed by atoms with E-state index in [1.165, 1.54) is 11.1 Å². The first-order valence-electron chi connectivity index (χ1n) is 6.25. The third-order valence-electron chi connectivity index (χ3n) is 3.07. The Morgan fingerprint density at radius 3 is 2.32 bits per heavy atom. The number of anilines is 1. The molecular weight excluding hydrogens is 258 g/mol. The summed E-state index contributed by atoms with van der Waals surface area (Å²) >= 11 is 6.11. The molecule has 0 saturated heterocycles. The van der Waals surface area contributed by atoms with E-state index in [0.29, 0.717) is 11.0 Å². The second-order valence-corrected chi connectivity index (χ2v) is 5.21. The van der Waals surface area contributed by atoms with Crippen LogP contribution in [0.2, 0.25) is 5.15 Å². The van der Waals surface area contributed by atoms with Crippen LogP contribution in [0.15, 0.2) is 24.3 Å². The molecule has 0 aliphatic rings. The normalized spacial score (nSPS) is 10.6. The van der Waals surface area contributed by atoms with Crippen LogP contribution in [0.4, 0.5) is 5.82 Å². The number of aromatic nitrogens is 2. The fraction of sp³-hybridized carbons (Fsp3) is 0.333. The van der Waals surface area contributed by atoms with Gasteiger partial charge in [-0.1, -0.05) is 41.4 Å². The zero-order valence-corrected chi connectivity index (χ0v) is 12.5. The predicted octanol–water partition coefficient (Wildman–Crippen LogP) is 3.69. The number of halogens is 1. The van der Waals surface area contributed by atoms with Crippen LogP contribution in [0.5, 0.6) is 0 Å². The summed E-state index contributed by atoms with van der Waals surface area (Å²) in [5, 5.41) is 0.526. The first-order valence-corrected chi connectivity index (χ1v) is 6.62. The SMILES string of the molecule is Cc1ccc(CN(C)c2nc(C)nc(Cl)c2C)cc1. The van der Waals surface area contributed by atoms with Crippen LogP contribution in [0.25, 0.3) is 0 Å². The molecule has 4 heteroatoms. The average Bonchev–Trinajstić information content (AvgIpc) is 2.36. The molecule has 1 aromatic heterocycles. The quantitative estimate of drug-likeness (QED) is 0.800. The molecular formula is C15H18ClN3. The molecule has 0 unspecified atom stereocenters. The van der Waals surface area contributed by atoms with E-state index < -0.39 is 0 Å². The van der Waals surface area contributed by atoms with Crippen molar-refractivity contribution in [3.8, 4) is 0 Å². The largest absolute Gasteiger partial charge is 0.355 e. The van der Waals surface area contributed by atoms with Crippen LogP contribution in [-0.2, 0) is 6.54 Å². The third kappa shape index (κ3) is 3.24. The lowest BCUT2D eigenvalue weighted by Crippen LogP contribution is -2.19. The number of hydrogen-bond donors (Lipinski definition) is 0. The molecule has 0 bridgehead atoms. The monoisotopic (exact) mass is 275 g/mol. The van der Waals surface area contributed by atoms with E-state index in [2.05, 4.69) is 46.1 Å². The number of aryl methyl sites for hydroxylation is 2. The van der Waals surface area contributed by atoms with Gasteiger partial charge in [-0.2, -0.15) is 0 Å². The molecule has 100 valence electrons. The highest BCUT2D eigenvalue weighted by Crippen LogP contribution is 2.23. The Balaban J connectivity index is 2.24. The minimum absolute atomic E-state index is 0.526. The van der Waals surface area contributed by atoms with E-state index in [1.54, 1.807) is 0 Å². The van der Waals surface area contributed by atoms with E-state index in [1.807, 2.05) is 20.9 Å². The van der Waals surface area contributed by atoms with Crippen molar-refractivity contribution in [2.75, 3.05) is 11.9 Å². The van der Waals surface area contributed by atoms with Gasteiger partial charge in [0.2, 0.25) is 0 Å². The van der Waals surface area contributed by atoms with Gasteiger partial charge in [-0.25, -0.2) is 9.97 Å². The molecule has 1 aromatic carbocycles. The summed E-state index contributed by atoms with van der Waals surface area (Å²) in [6.45, 7) is 6.69. The lowest BCUT2D eigenvalue weighted by Gasteiger charge is -2.21. The van der Waals surface area contributed by atoms with Gasteiger partial charge < -0.3 is 4.90 Å². The first kappa shape index (κ1) is 13.8. The smallest absolute Gasteiger partial charge is 0.137 e. The lowest BCUT2D eigenvalue weighted by atomic mass is 10.1. The van der Waals surface area contributed by atoms with Crippen molar-refractivity contribution in [2.45, 2.75) is 27.3 Å². The molecule has 2 rings (SSSR count). The van der Waals surface area contributed by atoms with Crippen molar-refractivity contribution < 1.29 is 0 Å². The molecule has 0 aliphatic carbocycles. The lowest BCUT2D eigenvalue weighted by molar-refractivity contribution is 0.869. The van der Waals surface area contributed by atoms with Crippen LogP contribution >= 0.6 is 11.6 Å². The summed E-state index contributed by atoms with van der Waals surface area (Å²) in [7, 11) is 2.02. The number of nitrogens with zero attached hydrogens (tertiary/aromatic N) is 3. The number of rotatable bonds is 3. The molecule has 0 radical (unpaired) electrons. The van der Waals surface area contributed by atoms with Gasteiger partial charge in [0.25, 0.3) is 0 Å². The molecule has 0 fully saturated rings. The van der Waals surface area contributed by atoms with Crippen LogP contribution in [-0.4, -0.2) is 17.0 Å². The Labute approximate surface area is 119 Å². The van der Waals surface area contributed by atoms with Crippen molar-refractivity contribution in [2.24, 2.45) is 0 Å². The van der Waals surface area contributed by atoms with E-state index >= 15 is 0 Å². The van der Waals surface area contributed by atoms with Gasteiger partial charge in [-0.15, -0.1) is 0 Å². The van der Waals surface area contributed by atoms with Gasteiger partial charge >= 0.3 is 0 Å². The first-order chi connectivity index (χ1) is 8.97. The average molecular weight is 276 g/mol. The standard InChI is InChI=1S/C15H18ClN3/c1-10-5-7-13(8-6-10)9-19(4)15-11(2)14(16)17-12(3)18-15/h5-8H,9H2,1-4H3. The third-order valence-corrected chi connectivity index (χ3v) is 3.44. The minimum Gasteiger partial charge on any atom is -0.355 e. The summed E-state index contributed by atoms with van der Waals surface area (Å²) in [6.07, 6.45) is 0. The highest BCUT2D eigenvalue weighted by molar-refractivity contribution is 6.30. The van der Waals surface area contributed by atoms with Crippen molar-refractivity contribution in [1.29, 1.82) is 0 Å². The van der Waals surface area contributed by atoms with Gasteiger partial charge in [0.15, 0.2) is 0 Å². The molecule has 0 aliphatic heterocycles. The molecule has 2 aromatic rings. The van der Waals surface area contributed by atoms with Crippen LogP contribution in [0.3, 0.4) is 0 Å². The minimum atomic E-state index is 0.526. The van der Waals surface area contributed by atoms with Gasteiger partial charge in [0.1, 0.15) is 16.8 Å². The molecule has 0 saturated carbocycles. The Morgan fingerprint density at radius 1 is 1.05 bits per heavy atom. The molecule has 0 spiro atoms. The Morgan fingerprint density at radius 2 is 1.68 bits per heavy atom. The Hall–Kier alpha value is -1.61.